The van der Waals surface area contributed by atoms with E-state index in [1.165, 1.54) is 0 Å². The molecular formula is C15H21N3O2. The third-order valence-corrected chi connectivity index (χ3v) is 3.49. The lowest BCUT2D eigenvalue weighted by atomic mass is 10.1. The van der Waals surface area contributed by atoms with Gasteiger partial charge in [-0.2, -0.15) is 0 Å². The molecule has 3 N–H and O–H groups in total. The molecule has 0 atom stereocenters. The molecular weight excluding hydrogens is 254 g/mol. The molecule has 5 nitrogen and oxygen atoms in total. The Morgan fingerprint density at radius 2 is 1.80 bits per heavy atom. The van der Waals surface area contributed by atoms with Crippen LogP contribution in [0.1, 0.15) is 18.4 Å². The normalized spacial score (nSPS) is 16.9. The van der Waals surface area contributed by atoms with Crippen LogP contribution in [0.2, 0.25) is 0 Å². The molecule has 1 aliphatic heterocycles. The molecule has 108 valence electrons. The lowest BCUT2D eigenvalue weighted by Gasteiger charge is -2.29. The minimum atomic E-state index is -0.255. The first-order valence-electron chi connectivity index (χ1n) is 6.98. The van der Waals surface area contributed by atoms with Crippen molar-refractivity contribution in [2.24, 2.45) is 5.73 Å². The number of nitrogens with one attached hydrogen (secondary N) is 1. The molecule has 1 aliphatic rings. The minimum Gasteiger partial charge on any atom is -0.328 e. The molecule has 20 heavy (non-hydrogen) atoms. The zero-order valence-corrected chi connectivity index (χ0v) is 11.5. The van der Waals surface area contributed by atoms with E-state index in [0.29, 0.717) is 0 Å². The SMILES string of the molecule is NC1CCN(CC(=O)NC(=O)Cc2ccccc2)CC1. The van der Waals surface area contributed by atoms with Gasteiger partial charge in [-0.05, 0) is 18.4 Å². The van der Waals surface area contributed by atoms with Crippen molar-refractivity contribution in [2.75, 3.05) is 19.6 Å². The number of piperidine rings is 1. The predicted octanol–water partition coefficient (Wildman–Crippen LogP) is 0.295. The molecule has 2 amide bonds. The molecule has 1 heterocycles. The first-order chi connectivity index (χ1) is 9.63. The summed E-state index contributed by atoms with van der Waals surface area (Å²) in [6.07, 6.45) is 2.05. The summed E-state index contributed by atoms with van der Waals surface area (Å²) < 4.78 is 0. The number of nitrogens with two attached hydrogens (primary N) is 1. The van der Waals surface area contributed by atoms with E-state index in [0.717, 1.165) is 31.5 Å². The smallest absolute Gasteiger partial charge is 0.240 e. The third kappa shape index (κ3) is 4.75. The van der Waals surface area contributed by atoms with E-state index < -0.39 is 0 Å². The van der Waals surface area contributed by atoms with E-state index in [4.69, 9.17) is 5.73 Å². The maximum Gasteiger partial charge on any atom is 0.240 e. The first kappa shape index (κ1) is 14.7. The molecule has 0 radical (unpaired) electrons. The summed E-state index contributed by atoms with van der Waals surface area (Å²) in [5, 5.41) is 2.44. The summed E-state index contributed by atoms with van der Waals surface area (Å²) in [6, 6.07) is 9.64. The van der Waals surface area contributed by atoms with Crippen LogP contribution in [0.3, 0.4) is 0 Å². The highest BCUT2D eigenvalue weighted by atomic mass is 16.2. The number of likely N-dealkylation sites (tertiary alicyclic amines) is 1. The van der Waals surface area contributed by atoms with Gasteiger partial charge in [-0.3, -0.25) is 19.8 Å². The number of imide groups is 1. The number of rotatable bonds is 4. The fourth-order valence-electron chi connectivity index (χ4n) is 2.33. The molecule has 0 bridgehead atoms. The molecule has 2 rings (SSSR count). The second-order valence-electron chi connectivity index (χ2n) is 5.25. The molecule has 1 saturated heterocycles. The van der Waals surface area contributed by atoms with E-state index in [2.05, 4.69) is 5.32 Å². The quantitative estimate of drug-likeness (QED) is 0.828. The van der Waals surface area contributed by atoms with Crippen LogP contribution in [0, 0.1) is 0 Å². The molecule has 0 spiro atoms. The van der Waals surface area contributed by atoms with Crippen molar-refractivity contribution in [1.82, 2.24) is 10.2 Å². The van der Waals surface area contributed by atoms with Crippen LogP contribution < -0.4 is 11.1 Å². The van der Waals surface area contributed by atoms with Crippen LogP contribution in [-0.2, 0) is 16.0 Å². The maximum atomic E-state index is 11.8. The highest BCUT2D eigenvalue weighted by molar-refractivity contribution is 5.96. The zero-order valence-electron chi connectivity index (χ0n) is 11.5. The average molecular weight is 275 g/mol. The van der Waals surface area contributed by atoms with Crippen molar-refractivity contribution in [2.45, 2.75) is 25.3 Å². The standard InChI is InChI=1S/C15H21N3O2/c16-13-6-8-18(9-7-13)11-15(20)17-14(19)10-12-4-2-1-3-5-12/h1-5,13H,6-11,16H2,(H,17,19,20). The van der Waals surface area contributed by atoms with E-state index in [9.17, 15) is 9.59 Å². The zero-order chi connectivity index (χ0) is 14.4. The Morgan fingerprint density at radius 1 is 1.15 bits per heavy atom. The van der Waals surface area contributed by atoms with Crippen molar-refractivity contribution < 1.29 is 9.59 Å². The van der Waals surface area contributed by atoms with Gasteiger partial charge >= 0.3 is 0 Å². The molecule has 1 aromatic rings. The lowest BCUT2D eigenvalue weighted by molar-refractivity contribution is -0.130. The maximum absolute atomic E-state index is 11.8. The van der Waals surface area contributed by atoms with Crippen LogP contribution in [0.15, 0.2) is 30.3 Å². The Bertz CT molecular complexity index is 453. The van der Waals surface area contributed by atoms with E-state index in [1.54, 1.807) is 0 Å². The van der Waals surface area contributed by atoms with Crippen LogP contribution in [0.4, 0.5) is 0 Å². The highest BCUT2D eigenvalue weighted by Crippen LogP contribution is 2.07. The van der Waals surface area contributed by atoms with Gasteiger partial charge in [0.25, 0.3) is 0 Å². The van der Waals surface area contributed by atoms with Crippen molar-refractivity contribution in [1.29, 1.82) is 0 Å². The number of nitrogens with zero attached hydrogens (tertiary/aromatic N) is 1. The number of carbonyl (C=O) groups excluding carboxylic acids is 2. The summed E-state index contributed by atoms with van der Waals surface area (Å²) in [5.41, 5.74) is 6.72. The number of benzene rings is 1. The fraction of sp³-hybridized carbons (Fsp3) is 0.467. The highest BCUT2D eigenvalue weighted by Gasteiger charge is 2.19. The van der Waals surface area contributed by atoms with Gasteiger partial charge in [-0.1, -0.05) is 30.3 Å². The van der Waals surface area contributed by atoms with Crippen molar-refractivity contribution in [3.8, 4) is 0 Å². The number of hydrogen-bond acceptors (Lipinski definition) is 4. The molecule has 1 aromatic carbocycles. The minimum absolute atomic E-state index is 0.234. The van der Waals surface area contributed by atoms with Gasteiger partial charge in [0.05, 0.1) is 13.0 Å². The number of carbonyl (C=O) groups is 2. The second kappa shape index (κ2) is 7.17. The second-order valence-corrected chi connectivity index (χ2v) is 5.25. The summed E-state index contributed by atoms with van der Waals surface area (Å²) in [5.74, 6) is -0.490. The Labute approximate surface area is 119 Å². The number of amides is 2. The molecule has 1 fully saturated rings. The van der Waals surface area contributed by atoms with Gasteiger partial charge in [0.1, 0.15) is 0 Å². The molecule has 0 unspecified atom stereocenters. The van der Waals surface area contributed by atoms with Crippen molar-refractivity contribution >= 4 is 11.8 Å². The molecule has 0 saturated carbocycles. The largest absolute Gasteiger partial charge is 0.328 e. The van der Waals surface area contributed by atoms with Crippen LogP contribution in [-0.4, -0.2) is 42.4 Å². The Kier molecular flexibility index (Phi) is 5.26. The van der Waals surface area contributed by atoms with Gasteiger partial charge in [0, 0.05) is 19.1 Å². The summed E-state index contributed by atoms with van der Waals surface area (Å²) >= 11 is 0. The summed E-state index contributed by atoms with van der Waals surface area (Å²) in [7, 11) is 0. The van der Waals surface area contributed by atoms with Gasteiger partial charge < -0.3 is 5.73 Å². The molecule has 0 aromatic heterocycles. The van der Waals surface area contributed by atoms with E-state index in [-0.39, 0.29) is 30.8 Å². The topological polar surface area (TPSA) is 75.4 Å². The number of hydrogen-bond donors (Lipinski definition) is 2. The van der Waals surface area contributed by atoms with Gasteiger partial charge in [-0.25, -0.2) is 0 Å². The van der Waals surface area contributed by atoms with E-state index in [1.807, 2.05) is 35.2 Å². The van der Waals surface area contributed by atoms with Gasteiger partial charge in [-0.15, -0.1) is 0 Å². The predicted molar refractivity (Wildman–Crippen MR) is 76.9 cm³/mol. The Hall–Kier alpha value is -1.72. The van der Waals surface area contributed by atoms with Crippen molar-refractivity contribution in [3.05, 3.63) is 35.9 Å². The van der Waals surface area contributed by atoms with Crippen LogP contribution in [0.5, 0.6) is 0 Å². The van der Waals surface area contributed by atoms with Crippen LogP contribution in [0.25, 0.3) is 0 Å². The van der Waals surface area contributed by atoms with Crippen LogP contribution >= 0.6 is 0 Å². The average Bonchev–Trinajstić information content (AvgIpc) is 2.42. The fourth-order valence-corrected chi connectivity index (χ4v) is 2.33. The summed E-state index contributed by atoms with van der Waals surface area (Å²) in [6.45, 7) is 1.91. The van der Waals surface area contributed by atoms with Gasteiger partial charge in [0.2, 0.25) is 11.8 Å². The van der Waals surface area contributed by atoms with E-state index >= 15 is 0 Å². The Morgan fingerprint density at radius 3 is 2.45 bits per heavy atom. The monoisotopic (exact) mass is 275 g/mol. The lowest BCUT2D eigenvalue weighted by Crippen LogP contribution is -2.45. The summed E-state index contributed by atoms with van der Waals surface area (Å²) in [4.78, 5) is 25.6. The van der Waals surface area contributed by atoms with Gasteiger partial charge in [0.15, 0.2) is 0 Å². The molecule has 5 heteroatoms. The van der Waals surface area contributed by atoms with Crippen molar-refractivity contribution in [3.63, 3.8) is 0 Å². The Balaban J connectivity index is 1.72. The third-order valence-electron chi connectivity index (χ3n) is 3.49. The molecule has 0 aliphatic carbocycles. The first-order valence-corrected chi connectivity index (χ1v) is 6.98.